The van der Waals surface area contributed by atoms with Crippen molar-refractivity contribution in [2.75, 3.05) is 37.4 Å². The summed E-state index contributed by atoms with van der Waals surface area (Å²) in [4.78, 5) is 28.5. The molecule has 3 aromatic rings. The van der Waals surface area contributed by atoms with E-state index >= 15 is 0 Å². The molecule has 35 heavy (non-hydrogen) atoms. The van der Waals surface area contributed by atoms with Crippen LogP contribution in [0.2, 0.25) is 0 Å². The van der Waals surface area contributed by atoms with Crippen LogP contribution in [-0.4, -0.2) is 65.5 Å². The van der Waals surface area contributed by atoms with E-state index in [1.807, 2.05) is 53.8 Å². The minimum Gasteiger partial charge on any atom is -0.486 e. The topological polar surface area (TPSA) is 82.0 Å². The van der Waals surface area contributed by atoms with Crippen molar-refractivity contribution in [2.45, 2.75) is 37.5 Å². The summed E-state index contributed by atoms with van der Waals surface area (Å²) < 4.78 is 18.9. The molecule has 1 saturated heterocycles. The zero-order valence-electron chi connectivity index (χ0n) is 19.9. The van der Waals surface area contributed by atoms with Gasteiger partial charge in [-0.15, -0.1) is 11.8 Å². The first-order valence-electron chi connectivity index (χ1n) is 11.8. The molecule has 0 saturated carbocycles. The number of ether oxygens (including phenoxy) is 3. The molecule has 3 heterocycles. The van der Waals surface area contributed by atoms with Gasteiger partial charge in [0.1, 0.15) is 19.8 Å². The molecule has 2 aliphatic heterocycles. The van der Waals surface area contributed by atoms with Crippen molar-refractivity contribution >= 4 is 40.2 Å². The summed E-state index contributed by atoms with van der Waals surface area (Å²) in [5.41, 5.74) is 1.65. The van der Waals surface area contributed by atoms with Crippen LogP contribution in [0.4, 0.5) is 5.69 Å². The summed E-state index contributed by atoms with van der Waals surface area (Å²) in [6.45, 7) is 6.46. The molecular formula is C26H29N3O5S. The molecule has 8 nitrogen and oxygen atoms in total. The number of morpholine rings is 1. The van der Waals surface area contributed by atoms with Crippen LogP contribution in [0.1, 0.15) is 13.8 Å². The van der Waals surface area contributed by atoms with Crippen LogP contribution in [0.15, 0.2) is 53.6 Å². The molecule has 0 aliphatic carbocycles. The van der Waals surface area contributed by atoms with Gasteiger partial charge in [0.15, 0.2) is 11.5 Å². The Bertz CT molecular complexity index is 1230. The second kappa shape index (κ2) is 10.2. The molecule has 2 aromatic carbocycles. The average Bonchev–Trinajstić information content (AvgIpc) is 3.19. The van der Waals surface area contributed by atoms with Crippen LogP contribution in [0, 0.1) is 0 Å². The summed E-state index contributed by atoms with van der Waals surface area (Å²) in [6.07, 6.45) is 2.03. The maximum absolute atomic E-state index is 13.0. The van der Waals surface area contributed by atoms with E-state index in [1.165, 1.54) is 11.8 Å². The van der Waals surface area contributed by atoms with E-state index in [0.717, 1.165) is 15.8 Å². The van der Waals surface area contributed by atoms with Gasteiger partial charge in [-0.1, -0.05) is 18.2 Å². The lowest BCUT2D eigenvalue weighted by atomic mass is 10.2. The van der Waals surface area contributed by atoms with Crippen molar-refractivity contribution < 1.29 is 23.8 Å². The highest BCUT2D eigenvalue weighted by atomic mass is 32.2. The van der Waals surface area contributed by atoms with Gasteiger partial charge in [0.05, 0.1) is 18.0 Å². The van der Waals surface area contributed by atoms with E-state index in [1.54, 1.807) is 18.2 Å². The Morgan fingerprint density at radius 3 is 2.57 bits per heavy atom. The van der Waals surface area contributed by atoms with Crippen LogP contribution in [-0.2, 0) is 20.9 Å². The monoisotopic (exact) mass is 495 g/mol. The minimum absolute atomic E-state index is 0.0305. The summed E-state index contributed by atoms with van der Waals surface area (Å²) in [6, 6.07) is 13.4. The number of anilines is 1. The average molecular weight is 496 g/mol. The van der Waals surface area contributed by atoms with Gasteiger partial charge in [0, 0.05) is 46.8 Å². The maximum Gasteiger partial charge on any atom is 0.242 e. The number of nitrogens with one attached hydrogen (secondary N) is 1. The predicted molar refractivity (Wildman–Crippen MR) is 135 cm³/mol. The molecule has 0 spiro atoms. The van der Waals surface area contributed by atoms with Crippen LogP contribution in [0.5, 0.6) is 11.5 Å². The van der Waals surface area contributed by atoms with Gasteiger partial charge in [-0.3, -0.25) is 9.59 Å². The molecular weight excluding hydrogens is 466 g/mol. The van der Waals surface area contributed by atoms with Crippen LogP contribution < -0.4 is 14.8 Å². The third kappa shape index (κ3) is 5.41. The Morgan fingerprint density at radius 2 is 1.77 bits per heavy atom. The minimum atomic E-state index is -0.115. The smallest absolute Gasteiger partial charge is 0.242 e. The normalized spacial score (nSPS) is 19.5. The molecule has 0 radical (unpaired) electrons. The van der Waals surface area contributed by atoms with Gasteiger partial charge < -0.3 is 29.0 Å². The molecule has 9 heteroatoms. The maximum atomic E-state index is 13.0. The van der Waals surface area contributed by atoms with Gasteiger partial charge in [-0.05, 0) is 32.0 Å². The Labute approximate surface area is 208 Å². The molecule has 0 unspecified atom stereocenters. The highest BCUT2D eigenvalue weighted by Crippen LogP contribution is 2.33. The van der Waals surface area contributed by atoms with E-state index in [0.29, 0.717) is 43.5 Å². The van der Waals surface area contributed by atoms with Crippen molar-refractivity contribution in [2.24, 2.45) is 0 Å². The number of rotatable bonds is 6. The third-order valence-electron chi connectivity index (χ3n) is 6.01. The van der Waals surface area contributed by atoms with E-state index in [2.05, 4.69) is 5.32 Å². The van der Waals surface area contributed by atoms with Gasteiger partial charge in [0.2, 0.25) is 11.8 Å². The fourth-order valence-corrected chi connectivity index (χ4v) is 5.44. The lowest BCUT2D eigenvalue weighted by Crippen LogP contribution is -2.49. The summed E-state index contributed by atoms with van der Waals surface area (Å²) in [5, 5.41) is 3.95. The van der Waals surface area contributed by atoms with Crippen molar-refractivity contribution in [3.8, 4) is 11.5 Å². The van der Waals surface area contributed by atoms with Gasteiger partial charge in [0.25, 0.3) is 0 Å². The van der Waals surface area contributed by atoms with E-state index in [-0.39, 0.29) is 36.3 Å². The zero-order chi connectivity index (χ0) is 24.4. The van der Waals surface area contributed by atoms with Crippen molar-refractivity contribution in [1.29, 1.82) is 0 Å². The zero-order valence-corrected chi connectivity index (χ0v) is 20.7. The second-order valence-electron chi connectivity index (χ2n) is 8.89. The standard InChI is InChI=1S/C26H29N3O5S/c1-17-12-29(13-18(2)34-17)26(31)15-28-14-24(20-5-3-4-6-21(20)28)35-16-25(30)27-19-7-8-22-23(11-19)33-10-9-32-22/h3-8,11,14,17-18H,9-10,12-13,15-16H2,1-2H3,(H,27,30)/t17-,18+. The number of para-hydroxylation sites is 1. The lowest BCUT2D eigenvalue weighted by Gasteiger charge is -2.35. The van der Waals surface area contributed by atoms with Gasteiger partial charge in [-0.2, -0.15) is 0 Å². The number of hydrogen-bond acceptors (Lipinski definition) is 6. The molecule has 1 fully saturated rings. The first kappa shape index (κ1) is 23.6. The van der Waals surface area contributed by atoms with Crippen LogP contribution in [0.3, 0.4) is 0 Å². The molecule has 1 aromatic heterocycles. The fourth-order valence-electron chi connectivity index (χ4n) is 4.55. The number of nitrogens with zero attached hydrogens (tertiary/aromatic N) is 2. The Hall–Kier alpha value is -3.17. The summed E-state index contributed by atoms with van der Waals surface area (Å²) >= 11 is 1.46. The number of carbonyl (C=O) groups excluding carboxylic acids is 2. The van der Waals surface area contributed by atoms with Gasteiger partial charge in [-0.25, -0.2) is 0 Å². The quantitative estimate of drug-likeness (QED) is 0.524. The molecule has 184 valence electrons. The second-order valence-corrected chi connectivity index (χ2v) is 9.91. The molecule has 1 N–H and O–H groups in total. The van der Waals surface area contributed by atoms with Crippen molar-refractivity contribution in [3.05, 3.63) is 48.7 Å². The molecule has 5 rings (SSSR count). The predicted octanol–water partition coefficient (Wildman–Crippen LogP) is 3.78. The number of amides is 2. The molecule has 0 bridgehead atoms. The highest BCUT2D eigenvalue weighted by molar-refractivity contribution is 8.00. The van der Waals surface area contributed by atoms with E-state index in [4.69, 9.17) is 14.2 Å². The number of fused-ring (bicyclic) bond motifs is 2. The Kier molecular flexibility index (Phi) is 6.88. The van der Waals surface area contributed by atoms with Crippen LogP contribution in [0.25, 0.3) is 10.9 Å². The number of carbonyl (C=O) groups is 2. The number of benzene rings is 2. The van der Waals surface area contributed by atoms with Gasteiger partial charge >= 0.3 is 0 Å². The van der Waals surface area contributed by atoms with Crippen LogP contribution >= 0.6 is 11.8 Å². The lowest BCUT2D eigenvalue weighted by molar-refractivity contribution is -0.143. The summed E-state index contributed by atoms with van der Waals surface area (Å²) in [5.74, 6) is 1.52. The summed E-state index contributed by atoms with van der Waals surface area (Å²) in [7, 11) is 0. The molecule has 2 aliphatic rings. The number of hydrogen-bond donors (Lipinski definition) is 1. The largest absolute Gasteiger partial charge is 0.486 e. The van der Waals surface area contributed by atoms with E-state index in [9.17, 15) is 9.59 Å². The highest BCUT2D eigenvalue weighted by Gasteiger charge is 2.26. The molecule has 2 amide bonds. The number of thioether (sulfide) groups is 1. The first-order valence-corrected chi connectivity index (χ1v) is 12.8. The Morgan fingerprint density at radius 1 is 1.03 bits per heavy atom. The SMILES string of the molecule is C[C@@H]1CN(C(=O)Cn2cc(SCC(=O)Nc3ccc4c(c3)OCCO4)c3ccccc32)C[C@H](C)O1. The van der Waals surface area contributed by atoms with Crippen molar-refractivity contribution in [1.82, 2.24) is 9.47 Å². The Balaban J connectivity index is 1.25. The third-order valence-corrected chi connectivity index (χ3v) is 7.06. The number of aromatic nitrogens is 1. The first-order chi connectivity index (χ1) is 17.0. The van der Waals surface area contributed by atoms with Crippen molar-refractivity contribution in [3.63, 3.8) is 0 Å². The fraction of sp³-hybridized carbons (Fsp3) is 0.385. The van der Waals surface area contributed by atoms with E-state index < -0.39 is 0 Å². The molecule has 2 atom stereocenters.